The Balaban J connectivity index is 1.77. The molecule has 11 nitrogen and oxygen atoms in total. The average molecular weight is 538 g/mol. The molecule has 3 atom stereocenters. The summed E-state index contributed by atoms with van der Waals surface area (Å²) >= 11 is 5.89. The largest absolute Gasteiger partial charge is 0.494 e. The Morgan fingerprint density at radius 2 is 1.81 bits per heavy atom. The third kappa shape index (κ3) is 5.17. The molecule has 1 fully saturated rings. The Kier molecular flexibility index (Phi) is 8.08. The summed E-state index contributed by atoms with van der Waals surface area (Å²) < 4.78 is 51.2. The lowest BCUT2D eigenvalue weighted by molar-refractivity contribution is 0.0948. The molecule has 36 heavy (non-hydrogen) atoms. The van der Waals surface area contributed by atoms with Crippen molar-refractivity contribution in [1.82, 2.24) is 24.7 Å². The molecule has 0 amide bonds. The summed E-state index contributed by atoms with van der Waals surface area (Å²) in [7, 11) is 0.648. The maximum atomic E-state index is 13.6. The van der Waals surface area contributed by atoms with Gasteiger partial charge in [0.2, 0.25) is 0 Å². The van der Waals surface area contributed by atoms with Crippen LogP contribution < -0.4 is 9.47 Å². The lowest BCUT2D eigenvalue weighted by atomic mass is 10.1. The van der Waals surface area contributed by atoms with Crippen molar-refractivity contribution in [2.45, 2.75) is 36.4 Å². The number of rotatable bonds is 10. The second kappa shape index (κ2) is 11.1. The van der Waals surface area contributed by atoms with Gasteiger partial charge in [-0.25, -0.2) is 18.4 Å². The van der Waals surface area contributed by atoms with Gasteiger partial charge >= 0.3 is 0 Å². The molecule has 0 bridgehead atoms. The number of halogens is 1. The number of nitrogens with zero attached hydrogens (tertiary/aromatic N) is 5. The van der Waals surface area contributed by atoms with E-state index in [4.69, 9.17) is 30.5 Å². The third-order valence-corrected chi connectivity index (χ3v) is 8.38. The highest BCUT2D eigenvalue weighted by Crippen LogP contribution is 2.37. The van der Waals surface area contributed by atoms with E-state index in [1.165, 1.54) is 33.7 Å². The first kappa shape index (κ1) is 26.3. The van der Waals surface area contributed by atoms with Gasteiger partial charge in [-0.1, -0.05) is 17.7 Å². The zero-order valence-electron chi connectivity index (χ0n) is 20.4. The maximum absolute atomic E-state index is 13.6. The fourth-order valence-corrected chi connectivity index (χ4v) is 5.71. The molecule has 0 N–H and O–H groups in total. The average Bonchev–Trinajstić information content (AvgIpc) is 3.54. The first-order valence-corrected chi connectivity index (χ1v) is 13.3. The van der Waals surface area contributed by atoms with E-state index in [9.17, 15) is 8.42 Å². The highest BCUT2D eigenvalue weighted by molar-refractivity contribution is 7.91. The molecule has 0 aliphatic carbocycles. The normalized spacial score (nSPS) is 17.6. The first-order chi connectivity index (χ1) is 17.3. The van der Waals surface area contributed by atoms with Gasteiger partial charge in [-0.05, 0) is 25.5 Å². The number of hydrogen-bond acceptors (Lipinski definition) is 10. The van der Waals surface area contributed by atoms with E-state index in [1.54, 1.807) is 29.7 Å². The maximum Gasteiger partial charge on any atom is 0.163 e. The lowest BCUT2D eigenvalue weighted by Gasteiger charge is -2.22. The van der Waals surface area contributed by atoms with Crippen LogP contribution in [0.4, 0.5) is 0 Å². The number of para-hydroxylation sites is 1. The molecule has 1 aliphatic heterocycles. The van der Waals surface area contributed by atoms with Crippen molar-refractivity contribution in [2.24, 2.45) is 0 Å². The molecule has 0 saturated carbocycles. The number of benzene rings is 1. The summed E-state index contributed by atoms with van der Waals surface area (Å²) in [5, 5.41) is 8.04. The quantitative estimate of drug-likeness (QED) is 0.380. The van der Waals surface area contributed by atoms with Crippen LogP contribution in [-0.4, -0.2) is 72.9 Å². The van der Waals surface area contributed by atoms with E-state index >= 15 is 0 Å². The zero-order chi connectivity index (χ0) is 25.9. The molecular formula is C23H28ClN5O6S. The minimum Gasteiger partial charge on any atom is -0.494 e. The van der Waals surface area contributed by atoms with Gasteiger partial charge in [0.1, 0.15) is 34.9 Å². The molecule has 3 heterocycles. The van der Waals surface area contributed by atoms with Gasteiger partial charge < -0.3 is 18.9 Å². The van der Waals surface area contributed by atoms with Crippen molar-refractivity contribution in [3.05, 3.63) is 53.1 Å². The van der Waals surface area contributed by atoms with Crippen LogP contribution >= 0.6 is 11.6 Å². The fourth-order valence-electron chi connectivity index (χ4n) is 4.20. The summed E-state index contributed by atoms with van der Waals surface area (Å²) in [4.78, 5) is 8.29. The predicted octanol–water partition coefficient (Wildman–Crippen LogP) is 2.92. The Morgan fingerprint density at radius 1 is 1.14 bits per heavy atom. The Bertz CT molecular complexity index is 1270. The Morgan fingerprint density at radius 3 is 2.36 bits per heavy atom. The van der Waals surface area contributed by atoms with Crippen molar-refractivity contribution in [3.8, 4) is 17.2 Å². The van der Waals surface area contributed by atoms with Crippen molar-refractivity contribution in [1.29, 1.82) is 0 Å². The summed E-state index contributed by atoms with van der Waals surface area (Å²) in [6.07, 6.45) is 2.62. The van der Waals surface area contributed by atoms with Crippen LogP contribution in [0.3, 0.4) is 0 Å². The summed E-state index contributed by atoms with van der Waals surface area (Å²) in [6, 6.07) is 5.33. The monoisotopic (exact) mass is 537 g/mol. The molecule has 0 spiro atoms. The van der Waals surface area contributed by atoms with Crippen molar-refractivity contribution >= 4 is 21.4 Å². The smallest absolute Gasteiger partial charge is 0.163 e. The van der Waals surface area contributed by atoms with E-state index < -0.39 is 26.9 Å². The first-order valence-electron chi connectivity index (χ1n) is 11.3. The number of ether oxygens (including phenoxy) is 4. The van der Waals surface area contributed by atoms with Crippen LogP contribution in [0.25, 0.3) is 5.69 Å². The lowest BCUT2D eigenvalue weighted by Crippen LogP contribution is -2.30. The van der Waals surface area contributed by atoms with Gasteiger partial charge in [-0.15, -0.1) is 10.2 Å². The van der Waals surface area contributed by atoms with Gasteiger partial charge in [0.25, 0.3) is 0 Å². The van der Waals surface area contributed by atoms with Gasteiger partial charge in [0, 0.05) is 32.0 Å². The van der Waals surface area contributed by atoms with E-state index in [-0.39, 0.29) is 17.6 Å². The van der Waals surface area contributed by atoms with Crippen molar-refractivity contribution in [2.75, 3.05) is 34.5 Å². The van der Waals surface area contributed by atoms with Gasteiger partial charge in [-0.3, -0.25) is 4.57 Å². The summed E-state index contributed by atoms with van der Waals surface area (Å²) in [5.74, 6) is 1.53. The van der Waals surface area contributed by atoms with E-state index in [1.807, 2.05) is 0 Å². The SMILES string of the molecule is COc1cccc(OC)c1-n1c(CS(=O)(=O)[C@@H](C)[C@H](OC)c2ncc(Cl)cn2)nnc1[C@@H]1CCOC1. The standard InChI is InChI=1S/C23H28ClN5O6S/c1-14(21(34-4)22-25-10-16(24)11-26-22)36(30,31)13-19-27-28-23(15-8-9-35-12-15)29(19)20-17(32-2)6-5-7-18(20)33-3/h5-7,10-11,14-15,21H,8-9,12-13H2,1-4H3/t14-,15+,21-/m0/s1. The fraction of sp³-hybridized carbons (Fsp3) is 0.478. The topological polar surface area (TPSA) is 128 Å². The van der Waals surface area contributed by atoms with Crippen LogP contribution in [0.2, 0.25) is 5.02 Å². The molecule has 1 aromatic carbocycles. The third-order valence-electron chi connectivity index (χ3n) is 6.15. The minimum absolute atomic E-state index is 0.0600. The van der Waals surface area contributed by atoms with Gasteiger partial charge in [0.05, 0.1) is 31.1 Å². The molecule has 13 heteroatoms. The molecule has 1 aliphatic rings. The predicted molar refractivity (Wildman–Crippen MR) is 132 cm³/mol. The van der Waals surface area contributed by atoms with Crippen LogP contribution in [-0.2, 0) is 25.1 Å². The van der Waals surface area contributed by atoms with Gasteiger partial charge in [-0.2, -0.15) is 0 Å². The van der Waals surface area contributed by atoms with E-state index in [0.717, 1.165) is 6.42 Å². The molecular weight excluding hydrogens is 510 g/mol. The van der Waals surface area contributed by atoms with Crippen molar-refractivity contribution in [3.63, 3.8) is 0 Å². The molecule has 194 valence electrons. The molecule has 2 aromatic heterocycles. The molecule has 0 radical (unpaired) electrons. The van der Waals surface area contributed by atoms with Crippen molar-refractivity contribution < 1.29 is 27.4 Å². The molecule has 0 unspecified atom stereocenters. The molecule has 3 aromatic rings. The molecule has 1 saturated heterocycles. The summed E-state index contributed by atoms with van der Waals surface area (Å²) in [6.45, 7) is 2.60. The minimum atomic E-state index is -3.84. The summed E-state index contributed by atoms with van der Waals surface area (Å²) in [5.41, 5.74) is 0.525. The number of methoxy groups -OCH3 is 3. The molecule has 4 rings (SSSR count). The Hall–Kier alpha value is -2.80. The van der Waals surface area contributed by atoms with Crippen LogP contribution in [0.5, 0.6) is 11.5 Å². The van der Waals surface area contributed by atoms with E-state index in [2.05, 4.69) is 20.2 Å². The van der Waals surface area contributed by atoms with Crippen LogP contribution in [0.15, 0.2) is 30.6 Å². The van der Waals surface area contributed by atoms with Crippen LogP contribution in [0.1, 0.15) is 42.8 Å². The van der Waals surface area contributed by atoms with Crippen LogP contribution in [0, 0.1) is 0 Å². The second-order valence-corrected chi connectivity index (χ2v) is 11.1. The zero-order valence-corrected chi connectivity index (χ0v) is 22.0. The number of hydrogen-bond donors (Lipinski definition) is 0. The highest BCUT2D eigenvalue weighted by Gasteiger charge is 2.36. The highest BCUT2D eigenvalue weighted by atomic mass is 35.5. The number of sulfone groups is 1. The van der Waals surface area contributed by atoms with E-state index in [0.29, 0.717) is 41.2 Å². The second-order valence-electron chi connectivity index (χ2n) is 8.31. The Labute approximate surface area is 214 Å². The van der Waals surface area contributed by atoms with Gasteiger partial charge in [0.15, 0.2) is 21.5 Å². The number of aromatic nitrogens is 5.